The van der Waals surface area contributed by atoms with Gasteiger partial charge in [-0.1, -0.05) is 4.55 Å². The van der Waals surface area contributed by atoms with E-state index in [-0.39, 0.29) is 4.90 Å². The SMILES string of the molecule is Cc1cc(S([O])(=O)=O)cc(C)c1C. The molecule has 0 aromatic heterocycles. The van der Waals surface area contributed by atoms with Gasteiger partial charge in [-0.25, -0.2) is 0 Å². The van der Waals surface area contributed by atoms with E-state index in [1.165, 1.54) is 12.1 Å². The molecule has 1 aromatic rings. The van der Waals surface area contributed by atoms with Crippen molar-refractivity contribution in [1.29, 1.82) is 0 Å². The van der Waals surface area contributed by atoms with Gasteiger partial charge in [0.15, 0.2) is 0 Å². The van der Waals surface area contributed by atoms with Crippen LogP contribution in [0.3, 0.4) is 0 Å². The van der Waals surface area contributed by atoms with Crippen molar-refractivity contribution >= 4 is 10.1 Å². The number of hydrogen-bond acceptors (Lipinski definition) is 2. The molecular weight excluding hydrogens is 188 g/mol. The number of hydrogen-bond donors (Lipinski definition) is 0. The monoisotopic (exact) mass is 199 g/mol. The van der Waals surface area contributed by atoms with Gasteiger partial charge in [-0.2, -0.15) is 8.42 Å². The van der Waals surface area contributed by atoms with E-state index in [0.29, 0.717) is 0 Å². The van der Waals surface area contributed by atoms with Crippen LogP contribution in [-0.4, -0.2) is 8.42 Å². The Morgan fingerprint density at radius 3 is 1.69 bits per heavy atom. The molecule has 0 saturated carbocycles. The quantitative estimate of drug-likeness (QED) is 0.691. The van der Waals surface area contributed by atoms with Crippen molar-refractivity contribution in [3.8, 4) is 0 Å². The average Bonchev–Trinajstić information content (AvgIpc) is 1.97. The second-order valence-corrected chi connectivity index (χ2v) is 4.52. The van der Waals surface area contributed by atoms with Gasteiger partial charge < -0.3 is 0 Å². The molecule has 0 unspecified atom stereocenters. The average molecular weight is 199 g/mol. The lowest BCUT2D eigenvalue weighted by molar-refractivity contribution is 0.414. The zero-order valence-corrected chi connectivity index (χ0v) is 8.60. The molecule has 1 rings (SSSR count). The van der Waals surface area contributed by atoms with Gasteiger partial charge in [0.05, 0.1) is 4.90 Å². The van der Waals surface area contributed by atoms with Crippen molar-refractivity contribution in [2.75, 3.05) is 0 Å². The van der Waals surface area contributed by atoms with Gasteiger partial charge >= 0.3 is 10.1 Å². The molecule has 0 bridgehead atoms. The molecule has 0 fully saturated rings. The van der Waals surface area contributed by atoms with Crippen molar-refractivity contribution in [3.05, 3.63) is 28.8 Å². The molecular formula is C9H11O3S. The Balaban J connectivity index is 3.47. The first-order valence-electron chi connectivity index (χ1n) is 3.86. The van der Waals surface area contributed by atoms with Crippen LogP contribution in [0.5, 0.6) is 0 Å². The molecule has 0 spiro atoms. The Morgan fingerprint density at radius 2 is 1.38 bits per heavy atom. The molecule has 0 heterocycles. The molecule has 0 saturated heterocycles. The lowest BCUT2D eigenvalue weighted by Crippen LogP contribution is -1.99. The lowest BCUT2D eigenvalue weighted by atomic mass is 10.1. The fourth-order valence-electron chi connectivity index (χ4n) is 1.14. The molecule has 1 aromatic carbocycles. The van der Waals surface area contributed by atoms with Gasteiger partial charge in [0.1, 0.15) is 0 Å². The summed E-state index contributed by atoms with van der Waals surface area (Å²) in [5.41, 5.74) is 2.68. The summed E-state index contributed by atoms with van der Waals surface area (Å²) < 4.78 is 32.1. The summed E-state index contributed by atoms with van der Waals surface area (Å²) in [5, 5.41) is 0. The maximum Gasteiger partial charge on any atom is 0.324 e. The van der Waals surface area contributed by atoms with E-state index in [1.807, 2.05) is 6.92 Å². The second-order valence-electron chi connectivity index (χ2n) is 3.14. The molecule has 0 amide bonds. The van der Waals surface area contributed by atoms with Crippen molar-refractivity contribution in [2.24, 2.45) is 0 Å². The summed E-state index contributed by atoms with van der Waals surface area (Å²) in [6, 6.07) is 2.81. The Hall–Kier alpha value is -0.870. The van der Waals surface area contributed by atoms with Crippen LogP contribution in [0, 0.1) is 20.8 Å². The van der Waals surface area contributed by atoms with Gasteiger partial charge in [0.2, 0.25) is 0 Å². The summed E-state index contributed by atoms with van der Waals surface area (Å²) in [7, 11) is -4.31. The first-order valence-corrected chi connectivity index (χ1v) is 5.27. The van der Waals surface area contributed by atoms with Crippen LogP contribution in [0.2, 0.25) is 0 Å². The van der Waals surface area contributed by atoms with Gasteiger partial charge in [0, 0.05) is 0 Å². The normalized spacial score (nSPS) is 11.7. The minimum absolute atomic E-state index is 0.145. The van der Waals surface area contributed by atoms with Crippen molar-refractivity contribution in [1.82, 2.24) is 0 Å². The number of aryl methyl sites for hydroxylation is 2. The summed E-state index contributed by atoms with van der Waals surface area (Å²) in [5.74, 6) is 0. The van der Waals surface area contributed by atoms with Crippen molar-refractivity contribution < 1.29 is 13.0 Å². The first kappa shape index (κ1) is 10.2. The van der Waals surface area contributed by atoms with Crippen molar-refractivity contribution in [2.45, 2.75) is 25.7 Å². The third-order valence-corrected chi connectivity index (χ3v) is 3.00. The maximum atomic E-state index is 10.7. The molecule has 0 aliphatic heterocycles. The van der Waals surface area contributed by atoms with Crippen LogP contribution in [-0.2, 0) is 14.7 Å². The molecule has 0 aliphatic rings. The first-order chi connectivity index (χ1) is 5.82. The Morgan fingerprint density at radius 1 is 1.00 bits per heavy atom. The third kappa shape index (κ3) is 2.08. The highest BCUT2D eigenvalue weighted by atomic mass is 32.2. The maximum absolute atomic E-state index is 10.7. The van der Waals surface area contributed by atoms with Crippen LogP contribution in [0.1, 0.15) is 16.7 Å². The van der Waals surface area contributed by atoms with Crippen LogP contribution < -0.4 is 0 Å². The summed E-state index contributed by atoms with van der Waals surface area (Å²) in [6.07, 6.45) is 0. The highest BCUT2D eigenvalue weighted by Crippen LogP contribution is 2.18. The van der Waals surface area contributed by atoms with E-state index in [1.54, 1.807) is 13.8 Å². The molecule has 4 heteroatoms. The van der Waals surface area contributed by atoms with Crippen LogP contribution in [0.15, 0.2) is 17.0 Å². The Bertz CT molecular complexity index is 409. The predicted molar refractivity (Wildman–Crippen MR) is 48.5 cm³/mol. The third-order valence-electron chi connectivity index (χ3n) is 2.19. The minimum Gasteiger partial charge on any atom is -0.192 e. The highest BCUT2D eigenvalue weighted by Gasteiger charge is 2.13. The van der Waals surface area contributed by atoms with Crippen LogP contribution >= 0.6 is 0 Å². The number of rotatable bonds is 1. The standard InChI is InChI=1S/C9H11O3S/c1-6-4-9(13(10,11)12)5-7(2)8(6)3/h4-5H,1-3H3. The highest BCUT2D eigenvalue weighted by molar-refractivity contribution is 7.85. The van der Waals surface area contributed by atoms with Crippen molar-refractivity contribution in [3.63, 3.8) is 0 Å². The Labute approximate surface area is 78.2 Å². The van der Waals surface area contributed by atoms with Gasteiger partial charge in [-0.15, -0.1) is 0 Å². The smallest absolute Gasteiger partial charge is 0.192 e. The molecule has 3 nitrogen and oxygen atoms in total. The molecule has 0 aliphatic carbocycles. The van der Waals surface area contributed by atoms with Gasteiger partial charge in [-0.3, -0.25) is 0 Å². The number of benzene rings is 1. The van der Waals surface area contributed by atoms with Gasteiger partial charge in [-0.05, 0) is 49.6 Å². The molecule has 0 N–H and O–H groups in total. The van der Waals surface area contributed by atoms with E-state index in [4.69, 9.17) is 0 Å². The molecule has 71 valence electrons. The lowest BCUT2D eigenvalue weighted by Gasteiger charge is -2.05. The summed E-state index contributed by atoms with van der Waals surface area (Å²) >= 11 is 0. The van der Waals surface area contributed by atoms with E-state index < -0.39 is 10.1 Å². The summed E-state index contributed by atoms with van der Waals surface area (Å²) in [6.45, 7) is 5.47. The van der Waals surface area contributed by atoms with E-state index >= 15 is 0 Å². The second kappa shape index (κ2) is 3.12. The van der Waals surface area contributed by atoms with Crippen LogP contribution in [0.25, 0.3) is 0 Å². The van der Waals surface area contributed by atoms with Crippen LogP contribution in [0.4, 0.5) is 0 Å². The molecule has 1 radical (unpaired) electrons. The fourth-order valence-corrected chi connectivity index (χ4v) is 1.78. The molecule has 0 atom stereocenters. The molecule has 13 heavy (non-hydrogen) atoms. The largest absolute Gasteiger partial charge is 0.324 e. The van der Waals surface area contributed by atoms with E-state index in [2.05, 4.69) is 0 Å². The predicted octanol–water partition coefficient (Wildman–Crippen LogP) is 1.73. The van der Waals surface area contributed by atoms with E-state index in [0.717, 1.165) is 16.7 Å². The van der Waals surface area contributed by atoms with Gasteiger partial charge in [0.25, 0.3) is 0 Å². The minimum atomic E-state index is -4.31. The summed E-state index contributed by atoms with van der Waals surface area (Å²) in [4.78, 5) is -0.145. The fraction of sp³-hybridized carbons (Fsp3) is 0.333. The zero-order valence-electron chi connectivity index (χ0n) is 7.79. The Kier molecular flexibility index (Phi) is 2.45. The zero-order chi connectivity index (χ0) is 10.2. The van der Waals surface area contributed by atoms with E-state index in [9.17, 15) is 13.0 Å². The topological polar surface area (TPSA) is 54.0 Å².